The predicted octanol–water partition coefficient (Wildman–Crippen LogP) is 4.83. The van der Waals surface area contributed by atoms with E-state index < -0.39 is 6.17 Å². The fourth-order valence-electron chi connectivity index (χ4n) is 3.57. The normalized spacial score (nSPS) is 15.1. The van der Waals surface area contributed by atoms with Gasteiger partial charge < -0.3 is 19.7 Å². The van der Waals surface area contributed by atoms with Crippen LogP contribution in [0.5, 0.6) is 11.5 Å². The van der Waals surface area contributed by atoms with Crippen LogP contribution in [0.15, 0.2) is 54.7 Å². The van der Waals surface area contributed by atoms with Crippen molar-refractivity contribution in [1.29, 1.82) is 0 Å². The number of nitrogens with zero attached hydrogens (tertiary/aromatic N) is 2. The minimum Gasteiger partial charge on any atom is -0.497 e. The van der Waals surface area contributed by atoms with Gasteiger partial charge in [-0.1, -0.05) is 23.7 Å². The van der Waals surface area contributed by atoms with Gasteiger partial charge in [0.2, 0.25) is 0 Å². The number of benzene rings is 2. The topological polar surface area (TPSA) is 63.7 Å². The van der Waals surface area contributed by atoms with Crippen molar-refractivity contribution in [3.05, 3.63) is 82.1 Å². The summed E-state index contributed by atoms with van der Waals surface area (Å²) in [6.07, 6.45) is 1.26. The van der Waals surface area contributed by atoms with E-state index in [0.29, 0.717) is 28.6 Å². The van der Waals surface area contributed by atoms with Crippen LogP contribution in [-0.4, -0.2) is 30.0 Å². The van der Waals surface area contributed by atoms with Gasteiger partial charge in [-0.05, 0) is 48.4 Å². The number of fused-ring (bicyclic) bond motifs is 1. The van der Waals surface area contributed by atoms with Gasteiger partial charge in [-0.2, -0.15) is 0 Å². The molecule has 0 spiro atoms. The van der Waals surface area contributed by atoms with Crippen molar-refractivity contribution in [2.24, 2.45) is 0 Å². The molecule has 3 aromatic rings. The molecule has 1 aromatic heterocycles. The van der Waals surface area contributed by atoms with Gasteiger partial charge in [0.25, 0.3) is 5.91 Å². The number of aromatic nitrogens is 1. The molecule has 1 aliphatic rings. The lowest BCUT2D eigenvalue weighted by Gasteiger charge is -2.27. The first-order chi connectivity index (χ1) is 14.5. The summed E-state index contributed by atoms with van der Waals surface area (Å²) in [7, 11) is 3.22. The Morgan fingerprint density at radius 1 is 1.13 bits per heavy atom. The number of aryl methyl sites for hydroxylation is 1. The Morgan fingerprint density at radius 2 is 1.90 bits per heavy atom. The molecule has 1 atom stereocenters. The van der Waals surface area contributed by atoms with Crippen molar-refractivity contribution in [2.75, 3.05) is 19.5 Å². The zero-order chi connectivity index (χ0) is 21.3. The molecule has 30 heavy (non-hydrogen) atoms. The maximum Gasteiger partial charge on any atom is 0.258 e. The van der Waals surface area contributed by atoms with Gasteiger partial charge >= 0.3 is 0 Å². The first-order valence-corrected chi connectivity index (χ1v) is 9.89. The lowest BCUT2D eigenvalue weighted by Crippen LogP contribution is -2.32. The smallest absolute Gasteiger partial charge is 0.258 e. The molecular weight excluding hydrogens is 402 g/mol. The number of methoxy groups -OCH3 is 2. The zero-order valence-electron chi connectivity index (χ0n) is 17.0. The molecule has 0 aliphatic carbocycles. The van der Waals surface area contributed by atoms with Gasteiger partial charge in [-0.15, -0.1) is 0 Å². The van der Waals surface area contributed by atoms with Crippen molar-refractivity contribution in [2.45, 2.75) is 19.6 Å². The number of rotatable bonds is 6. The molecule has 4 rings (SSSR count). The SMILES string of the molecule is COc1ccc(CN2C(=O)c3cccnc3[C@@H]2Nc2cc(C)c(Cl)cc2OC)cc1. The number of hydrogen-bond donors (Lipinski definition) is 1. The second kappa shape index (κ2) is 8.24. The first-order valence-electron chi connectivity index (χ1n) is 9.51. The molecule has 0 unspecified atom stereocenters. The van der Waals surface area contributed by atoms with Gasteiger partial charge in [0.05, 0.1) is 31.2 Å². The highest BCUT2D eigenvalue weighted by Crippen LogP contribution is 2.38. The van der Waals surface area contributed by atoms with Crippen molar-refractivity contribution < 1.29 is 14.3 Å². The van der Waals surface area contributed by atoms with Gasteiger partial charge in [-0.3, -0.25) is 9.78 Å². The Bertz CT molecular complexity index is 1090. The van der Waals surface area contributed by atoms with Gasteiger partial charge in [0.1, 0.15) is 17.7 Å². The van der Waals surface area contributed by atoms with E-state index in [1.807, 2.05) is 37.3 Å². The molecule has 0 saturated heterocycles. The first kappa shape index (κ1) is 20.0. The monoisotopic (exact) mass is 423 g/mol. The van der Waals surface area contributed by atoms with Crippen molar-refractivity contribution in [1.82, 2.24) is 9.88 Å². The van der Waals surface area contributed by atoms with Crippen LogP contribution in [0.4, 0.5) is 5.69 Å². The summed E-state index contributed by atoms with van der Waals surface area (Å²) in [4.78, 5) is 19.4. The van der Waals surface area contributed by atoms with Crippen molar-refractivity contribution >= 4 is 23.2 Å². The summed E-state index contributed by atoms with van der Waals surface area (Å²) in [6.45, 7) is 2.35. The Morgan fingerprint density at radius 3 is 2.60 bits per heavy atom. The number of carbonyl (C=O) groups excluding carboxylic acids is 1. The van der Waals surface area contributed by atoms with Crippen LogP contribution in [0, 0.1) is 6.92 Å². The lowest BCUT2D eigenvalue weighted by molar-refractivity contribution is 0.0727. The maximum absolute atomic E-state index is 13.2. The molecule has 0 saturated carbocycles. The number of ether oxygens (including phenoxy) is 2. The number of amides is 1. The molecule has 1 amide bonds. The van der Waals surface area contributed by atoms with E-state index in [1.54, 1.807) is 43.5 Å². The summed E-state index contributed by atoms with van der Waals surface area (Å²) >= 11 is 6.25. The Labute approximate surface area is 180 Å². The minimum atomic E-state index is -0.440. The molecule has 0 radical (unpaired) electrons. The van der Waals surface area contributed by atoms with Crippen LogP contribution in [0.2, 0.25) is 5.02 Å². The summed E-state index contributed by atoms with van der Waals surface area (Å²) in [6, 6.07) is 14.9. The molecule has 0 fully saturated rings. The fraction of sp³-hybridized carbons (Fsp3) is 0.217. The molecule has 2 heterocycles. The Balaban J connectivity index is 1.70. The molecule has 6 nitrogen and oxygen atoms in total. The van der Waals surface area contributed by atoms with Crippen molar-refractivity contribution in [3.63, 3.8) is 0 Å². The summed E-state index contributed by atoms with van der Waals surface area (Å²) < 4.78 is 10.7. The van der Waals surface area contributed by atoms with E-state index in [2.05, 4.69) is 10.3 Å². The predicted molar refractivity (Wildman–Crippen MR) is 116 cm³/mol. The van der Waals surface area contributed by atoms with Crippen LogP contribution >= 0.6 is 11.6 Å². The van der Waals surface area contributed by atoms with E-state index in [0.717, 1.165) is 22.6 Å². The lowest BCUT2D eigenvalue weighted by atomic mass is 10.1. The van der Waals surface area contributed by atoms with Crippen LogP contribution in [0.25, 0.3) is 0 Å². The number of pyridine rings is 1. The average molecular weight is 424 g/mol. The standard InChI is InChI=1S/C23H22ClN3O3/c1-14-11-19(20(30-3)12-18(14)24)26-22-21-17(5-4-10-25-21)23(28)27(22)13-15-6-8-16(29-2)9-7-15/h4-12,22,26H,13H2,1-3H3/t22-/m1/s1. The average Bonchev–Trinajstić information content (AvgIpc) is 3.02. The molecular formula is C23H22ClN3O3. The van der Waals surface area contributed by atoms with Gasteiger partial charge in [0.15, 0.2) is 0 Å². The maximum atomic E-state index is 13.2. The fourth-order valence-corrected chi connectivity index (χ4v) is 3.72. The zero-order valence-corrected chi connectivity index (χ0v) is 17.7. The number of carbonyl (C=O) groups is 1. The second-order valence-corrected chi connectivity index (χ2v) is 7.47. The number of nitrogens with one attached hydrogen (secondary N) is 1. The van der Waals surface area contributed by atoms with Crippen LogP contribution in [0.1, 0.15) is 33.3 Å². The Hall–Kier alpha value is -3.25. The quantitative estimate of drug-likeness (QED) is 0.615. The van der Waals surface area contributed by atoms with E-state index in [9.17, 15) is 4.79 Å². The molecule has 1 aliphatic heterocycles. The largest absolute Gasteiger partial charge is 0.497 e. The second-order valence-electron chi connectivity index (χ2n) is 7.07. The number of halogens is 1. The van der Waals surface area contributed by atoms with E-state index in [-0.39, 0.29) is 5.91 Å². The third-order valence-electron chi connectivity index (χ3n) is 5.19. The third kappa shape index (κ3) is 3.66. The summed E-state index contributed by atoms with van der Waals surface area (Å²) in [5.74, 6) is 1.30. The highest BCUT2D eigenvalue weighted by atomic mass is 35.5. The van der Waals surface area contributed by atoms with Gasteiger partial charge in [0, 0.05) is 23.8 Å². The van der Waals surface area contributed by atoms with Crippen LogP contribution in [-0.2, 0) is 6.54 Å². The molecule has 154 valence electrons. The highest BCUT2D eigenvalue weighted by molar-refractivity contribution is 6.31. The number of hydrogen-bond acceptors (Lipinski definition) is 5. The molecule has 7 heteroatoms. The van der Waals surface area contributed by atoms with Crippen molar-refractivity contribution in [3.8, 4) is 11.5 Å². The van der Waals surface area contributed by atoms with E-state index >= 15 is 0 Å². The molecule has 0 bridgehead atoms. The van der Waals surface area contributed by atoms with Crippen LogP contribution in [0.3, 0.4) is 0 Å². The van der Waals surface area contributed by atoms with E-state index in [1.165, 1.54) is 0 Å². The Kier molecular flexibility index (Phi) is 5.50. The summed E-state index contributed by atoms with van der Waals surface area (Å²) in [5, 5.41) is 4.06. The number of anilines is 1. The van der Waals surface area contributed by atoms with E-state index in [4.69, 9.17) is 21.1 Å². The summed E-state index contributed by atoms with van der Waals surface area (Å²) in [5.41, 5.74) is 3.92. The van der Waals surface area contributed by atoms with Crippen LogP contribution < -0.4 is 14.8 Å². The molecule has 1 N–H and O–H groups in total. The third-order valence-corrected chi connectivity index (χ3v) is 5.59. The molecule has 2 aromatic carbocycles. The minimum absolute atomic E-state index is 0.0731. The van der Waals surface area contributed by atoms with Gasteiger partial charge in [-0.25, -0.2) is 0 Å². The highest BCUT2D eigenvalue weighted by Gasteiger charge is 2.38.